The minimum absolute atomic E-state index is 0.395. The molecule has 0 aliphatic carbocycles. The number of aryl methyl sites for hydroxylation is 2. The summed E-state index contributed by atoms with van der Waals surface area (Å²) in [4.78, 5) is 23.7. The lowest BCUT2D eigenvalue weighted by Gasteiger charge is -2.25. The Morgan fingerprint density at radius 2 is 1.69 bits per heavy atom. The van der Waals surface area contributed by atoms with Gasteiger partial charge in [0.2, 0.25) is 10.0 Å². The van der Waals surface area contributed by atoms with Crippen molar-refractivity contribution in [2.45, 2.75) is 13.8 Å². The summed E-state index contributed by atoms with van der Waals surface area (Å²) >= 11 is 0. The molecule has 0 bridgehead atoms. The minimum atomic E-state index is -3.67. The molecule has 29 heavy (non-hydrogen) atoms. The van der Waals surface area contributed by atoms with Crippen molar-refractivity contribution in [2.75, 3.05) is 24.2 Å². The summed E-state index contributed by atoms with van der Waals surface area (Å²) < 4.78 is 30.2. The highest BCUT2D eigenvalue weighted by molar-refractivity contribution is 7.92. The molecule has 1 amide bonds. The maximum Gasteiger partial charge on any atom is 0.337 e. The van der Waals surface area contributed by atoms with Crippen molar-refractivity contribution >= 4 is 33.8 Å². The molecular formula is C20H23N3O5S. The third kappa shape index (κ3) is 5.89. The molecule has 2 rings (SSSR count). The number of hydrogen-bond acceptors (Lipinski definition) is 6. The number of rotatable bonds is 7. The number of esters is 1. The lowest BCUT2D eigenvalue weighted by molar-refractivity contribution is -0.119. The molecule has 0 aliphatic heterocycles. The predicted octanol–water partition coefficient (Wildman–Crippen LogP) is 2.01. The average Bonchev–Trinajstić information content (AvgIpc) is 2.66. The molecule has 0 aromatic heterocycles. The summed E-state index contributed by atoms with van der Waals surface area (Å²) in [5.74, 6) is -1.03. The lowest BCUT2D eigenvalue weighted by Crippen LogP contribution is -2.39. The van der Waals surface area contributed by atoms with Gasteiger partial charge in [-0.25, -0.2) is 18.6 Å². The number of anilines is 1. The zero-order valence-electron chi connectivity index (χ0n) is 16.7. The van der Waals surface area contributed by atoms with E-state index in [1.807, 2.05) is 6.07 Å². The molecule has 154 valence electrons. The Labute approximate surface area is 170 Å². The first kappa shape index (κ1) is 22.1. The first-order chi connectivity index (χ1) is 13.6. The zero-order valence-corrected chi connectivity index (χ0v) is 17.5. The lowest BCUT2D eigenvalue weighted by atomic mass is 10.1. The number of methoxy groups -OCH3 is 1. The van der Waals surface area contributed by atoms with Crippen LogP contribution in [0.3, 0.4) is 0 Å². The van der Waals surface area contributed by atoms with Gasteiger partial charge in [-0.1, -0.05) is 30.3 Å². The van der Waals surface area contributed by atoms with Gasteiger partial charge >= 0.3 is 5.97 Å². The van der Waals surface area contributed by atoms with E-state index in [1.165, 1.54) is 13.3 Å². The highest BCUT2D eigenvalue weighted by atomic mass is 32.2. The molecule has 0 radical (unpaired) electrons. The van der Waals surface area contributed by atoms with E-state index in [4.69, 9.17) is 0 Å². The Kier molecular flexibility index (Phi) is 7.11. The molecule has 8 nitrogen and oxygen atoms in total. The molecule has 0 aliphatic rings. The van der Waals surface area contributed by atoms with Gasteiger partial charge in [0, 0.05) is 0 Å². The molecule has 0 saturated heterocycles. The van der Waals surface area contributed by atoms with Crippen LogP contribution in [0.15, 0.2) is 47.6 Å². The monoisotopic (exact) mass is 417 g/mol. The van der Waals surface area contributed by atoms with Crippen LogP contribution in [0.2, 0.25) is 0 Å². The van der Waals surface area contributed by atoms with Gasteiger partial charge in [-0.15, -0.1) is 0 Å². The summed E-state index contributed by atoms with van der Waals surface area (Å²) in [5.41, 5.74) is 5.34. The Bertz CT molecular complexity index is 1010. The fourth-order valence-corrected chi connectivity index (χ4v) is 3.70. The Morgan fingerprint density at radius 3 is 2.21 bits per heavy atom. The second kappa shape index (κ2) is 9.33. The number of ether oxygens (including phenoxy) is 1. The standard InChI is InChI=1S/C20H23N3O5S/c1-14-6-5-7-15(2)19(14)23(29(4,26)27)13-18(24)22-21-12-16-8-10-17(11-9-16)20(25)28-3/h5-12H,13H2,1-4H3,(H,22,24)/b21-12-. The van der Waals surface area contributed by atoms with E-state index in [9.17, 15) is 18.0 Å². The highest BCUT2D eigenvalue weighted by Gasteiger charge is 2.23. The van der Waals surface area contributed by atoms with Crippen LogP contribution in [0.1, 0.15) is 27.0 Å². The number of nitrogens with one attached hydrogen (secondary N) is 1. The topological polar surface area (TPSA) is 105 Å². The van der Waals surface area contributed by atoms with Crippen LogP contribution < -0.4 is 9.73 Å². The van der Waals surface area contributed by atoms with Gasteiger partial charge in [-0.05, 0) is 42.7 Å². The number of amides is 1. The van der Waals surface area contributed by atoms with E-state index in [-0.39, 0.29) is 0 Å². The van der Waals surface area contributed by atoms with Crippen molar-refractivity contribution in [3.8, 4) is 0 Å². The maximum absolute atomic E-state index is 12.3. The van der Waals surface area contributed by atoms with Crippen LogP contribution in [0.4, 0.5) is 5.69 Å². The molecule has 0 atom stereocenters. The molecule has 2 aromatic rings. The van der Waals surface area contributed by atoms with E-state index in [1.54, 1.807) is 50.2 Å². The SMILES string of the molecule is COC(=O)c1ccc(/C=N\NC(=O)CN(c2c(C)cccc2C)S(C)(=O)=O)cc1. The third-order valence-corrected chi connectivity index (χ3v) is 5.22. The number of carbonyl (C=O) groups excluding carboxylic acids is 2. The largest absolute Gasteiger partial charge is 0.465 e. The quantitative estimate of drug-likeness (QED) is 0.421. The number of nitrogens with zero attached hydrogens (tertiary/aromatic N) is 2. The summed E-state index contributed by atoms with van der Waals surface area (Å²) in [7, 11) is -2.38. The molecule has 0 fully saturated rings. The molecule has 1 N–H and O–H groups in total. The molecule has 0 heterocycles. The van der Waals surface area contributed by atoms with Crippen molar-refractivity contribution in [1.29, 1.82) is 0 Å². The van der Waals surface area contributed by atoms with E-state index in [0.717, 1.165) is 21.7 Å². The van der Waals surface area contributed by atoms with Gasteiger partial charge in [0.1, 0.15) is 6.54 Å². The van der Waals surface area contributed by atoms with E-state index < -0.39 is 28.4 Å². The van der Waals surface area contributed by atoms with Gasteiger partial charge in [-0.3, -0.25) is 9.10 Å². The Hall–Kier alpha value is -3.20. The van der Waals surface area contributed by atoms with Gasteiger partial charge < -0.3 is 4.74 Å². The first-order valence-electron chi connectivity index (χ1n) is 8.67. The van der Waals surface area contributed by atoms with Crippen molar-refractivity contribution in [3.63, 3.8) is 0 Å². The van der Waals surface area contributed by atoms with Gasteiger partial charge in [0.05, 0.1) is 30.8 Å². The smallest absolute Gasteiger partial charge is 0.337 e. The van der Waals surface area contributed by atoms with E-state index >= 15 is 0 Å². The predicted molar refractivity (Wildman–Crippen MR) is 112 cm³/mol. The number of para-hydroxylation sites is 1. The van der Waals surface area contributed by atoms with Crippen LogP contribution in [0, 0.1) is 13.8 Å². The van der Waals surface area contributed by atoms with Crippen LogP contribution >= 0.6 is 0 Å². The van der Waals surface area contributed by atoms with Crippen molar-refractivity contribution < 1.29 is 22.7 Å². The van der Waals surface area contributed by atoms with Crippen LogP contribution in [0.25, 0.3) is 0 Å². The molecule has 0 spiro atoms. The molecule has 0 saturated carbocycles. The normalized spacial score (nSPS) is 11.3. The number of sulfonamides is 1. The van der Waals surface area contributed by atoms with Crippen LogP contribution in [-0.4, -0.2) is 46.4 Å². The van der Waals surface area contributed by atoms with Crippen molar-refractivity contribution in [3.05, 3.63) is 64.7 Å². The Balaban J connectivity index is 2.09. The van der Waals surface area contributed by atoms with Crippen LogP contribution in [-0.2, 0) is 19.6 Å². The fourth-order valence-electron chi connectivity index (χ4n) is 2.73. The minimum Gasteiger partial charge on any atom is -0.465 e. The third-order valence-electron chi connectivity index (χ3n) is 4.11. The number of benzene rings is 2. The maximum atomic E-state index is 12.3. The second-order valence-electron chi connectivity index (χ2n) is 6.42. The van der Waals surface area contributed by atoms with E-state index in [2.05, 4.69) is 15.3 Å². The van der Waals surface area contributed by atoms with Gasteiger partial charge in [-0.2, -0.15) is 5.10 Å². The second-order valence-corrected chi connectivity index (χ2v) is 8.32. The zero-order chi connectivity index (χ0) is 21.6. The number of hydrogen-bond donors (Lipinski definition) is 1. The van der Waals surface area contributed by atoms with Gasteiger partial charge in [0.25, 0.3) is 5.91 Å². The fraction of sp³-hybridized carbons (Fsp3) is 0.250. The Morgan fingerprint density at radius 1 is 1.10 bits per heavy atom. The van der Waals surface area contributed by atoms with Crippen LogP contribution in [0.5, 0.6) is 0 Å². The molecule has 2 aromatic carbocycles. The molecule has 9 heteroatoms. The average molecular weight is 417 g/mol. The summed E-state index contributed by atoms with van der Waals surface area (Å²) in [6, 6.07) is 11.8. The number of carbonyl (C=O) groups is 2. The molecule has 0 unspecified atom stereocenters. The van der Waals surface area contributed by atoms with Gasteiger partial charge in [0.15, 0.2) is 0 Å². The first-order valence-corrected chi connectivity index (χ1v) is 10.5. The molecular weight excluding hydrogens is 394 g/mol. The number of hydrazone groups is 1. The highest BCUT2D eigenvalue weighted by Crippen LogP contribution is 2.26. The summed E-state index contributed by atoms with van der Waals surface area (Å²) in [6.07, 6.45) is 2.45. The van der Waals surface area contributed by atoms with Crippen molar-refractivity contribution in [2.24, 2.45) is 5.10 Å². The van der Waals surface area contributed by atoms with Crippen molar-refractivity contribution in [1.82, 2.24) is 5.43 Å². The summed E-state index contributed by atoms with van der Waals surface area (Å²) in [6.45, 7) is 3.17. The van der Waals surface area contributed by atoms with E-state index in [0.29, 0.717) is 16.8 Å². The summed E-state index contributed by atoms with van der Waals surface area (Å²) in [5, 5.41) is 3.85.